The summed E-state index contributed by atoms with van der Waals surface area (Å²) in [6, 6.07) is 11.1. The van der Waals surface area contributed by atoms with E-state index in [1.54, 1.807) is 12.4 Å². The number of para-hydroxylation sites is 2. The lowest BCUT2D eigenvalue weighted by molar-refractivity contribution is -0.113. The van der Waals surface area contributed by atoms with E-state index < -0.39 is 0 Å². The zero-order valence-electron chi connectivity index (χ0n) is 13.9. The molecule has 0 spiro atoms. The van der Waals surface area contributed by atoms with Crippen molar-refractivity contribution in [1.29, 1.82) is 0 Å². The molecule has 0 saturated carbocycles. The number of carbonyl (C=O) groups excluding carboxylic acids is 1. The number of hydrogen-bond acceptors (Lipinski definition) is 6. The van der Waals surface area contributed by atoms with Crippen molar-refractivity contribution in [3.05, 3.63) is 60.8 Å². The number of nitrogens with zero attached hydrogens (tertiary/aromatic N) is 4. The second-order valence-electron chi connectivity index (χ2n) is 5.53. The molecule has 8 heteroatoms. The molecule has 0 bridgehead atoms. The molecular weight excluding hydrogens is 350 g/mol. The van der Waals surface area contributed by atoms with Crippen LogP contribution in [-0.4, -0.2) is 31.2 Å². The number of anilines is 1. The summed E-state index contributed by atoms with van der Waals surface area (Å²) in [5.74, 6) is 1.66. The van der Waals surface area contributed by atoms with Gasteiger partial charge in [-0.3, -0.25) is 9.36 Å². The number of aromatic nitrogens is 4. The van der Waals surface area contributed by atoms with Crippen molar-refractivity contribution in [2.45, 2.75) is 12.1 Å². The van der Waals surface area contributed by atoms with Crippen molar-refractivity contribution in [2.24, 2.45) is 0 Å². The molecule has 4 aromatic rings. The standard InChI is InChI=1S/C18H15N5O2S/c1-12-19-8-9-23(12)16-7-6-13(10-20-16)21-17(24)11-26-18-22-14-4-2-3-5-15(14)25-18/h2-10H,11H2,1H3,(H,21,24). The van der Waals surface area contributed by atoms with Crippen molar-refractivity contribution >= 4 is 34.5 Å². The van der Waals surface area contributed by atoms with E-state index in [1.807, 2.05) is 54.1 Å². The Kier molecular flexibility index (Phi) is 4.40. The Balaban J connectivity index is 1.36. The molecule has 1 amide bonds. The lowest BCUT2D eigenvalue weighted by Gasteiger charge is -2.06. The van der Waals surface area contributed by atoms with E-state index in [1.165, 1.54) is 11.8 Å². The summed E-state index contributed by atoms with van der Waals surface area (Å²) >= 11 is 1.25. The van der Waals surface area contributed by atoms with E-state index in [2.05, 4.69) is 20.3 Å². The number of imidazole rings is 1. The second-order valence-corrected chi connectivity index (χ2v) is 6.46. The van der Waals surface area contributed by atoms with E-state index >= 15 is 0 Å². The summed E-state index contributed by atoms with van der Waals surface area (Å²) in [6.45, 7) is 1.90. The Bertz CT molecular complexity index is 1020. The van der Waals surface area contributed by atoms with Crippen molar-refractivity contribution in [2.75, 3.05) is 11.1 Å². The Morgan fingerprint density at radius 1 is 1.23 bits per heavy atom. The van der Waals surface area contributed by atoms with Crippen LogP contribution in [0.5, 0.6) is 0 Å². The quantitative estimate of drug-likeness (QED) is 0.545. The average Bonchev–Trinajstić information content (AvgIpc) is 3.26. The molecule has 4 rings (SSSR count). The number of pyridine rings is 1. The number of oxazole rings is 1. The third-order valence-electron chi connectivity index (χ3n) is 3.71. The first-order valence-electron chi connectivity index (χ1n) is 7.94. The fraction of sp³-hybridized carbons (Fsp3) is 0.111. The number of benzene rings is 1. The fourth-order valence-corrected chi connectivity index (χ4v) is 3.10. The number of rotatable bonds is 5. The van der Waals surface area contributed by atoms with Gasteiger partial charge in [0.2, 0.25) is 5.91 Å². The molecule has 0 radical (unpaired) electrons. The Labute approximate surface area is 153 Å². The van der Waals surface area contributed by atoms with Gasteiger partial charge in [0.15, 0.2) is 5.58 Å². The molecule has 3 aromatic heterocycles. The zero-order chi connectivity index (χ0) is 17.9. The molecule has 130 valence electrons. The van der Waals surface area contributed by atoms with Gasteiger partial charge in [0.05, 0.1) is 17.6 Å². The average molecular weight is 365 g/mol. The lowest BCUT2D eigenvalue weighted by atomic mass is 10.3. The van der Waals surface area contributed by atoms with Crippen LogP contribution in [0.3, 0.4) is 0 Å². The van der Waals surface area contributed by atoms with Gasteiger partial charge in [-0.05, 0) is 31.2 Å². The molecule has 0 aliphatic heterocycles. The largest absolute Gasteiger partial charge is 0.431 e. The molecule has 0 unspecified atom stereocenters. The molecule has 1 N–H and O–H groups in total. The lowest BCUT2D eigenvalue weighted by Crippen LogP contribution is -2.14. The van der Waals surface area contributed by atoms with E-state index in [4.69, 9.17) is 4.42 Å². The van der Waals surface area contributed by atoms with E-state index in [0.717, 1.165) is 17.2 Å². The Hall–Kier alpha value is -3.13. The normalized spacial score (nSPS) is 11.0. The Morgan fingerprint density at radius 3 is 2.85 bits per heavy atom. The van der Waals surface area contributed by atoms with Crippen molar-refractivity contribution in [1.82, 2.24) is 19.5 Å². The summed E-state index contributed by atoms with van der Waals surface area (Å²) < 4.78 is 7.46. The van der Waals surface area contributed by atoms with Crippen LogP contribution in [-0.2, 0) is 4.79 Å². The topological polar surface area (TPSA) is 85.8 Å². The van der Waals surface area contributed by atoms with Crippen LogP contribution in [0, 0.1) is 6.92 Å². The van der Waals surface area contributed by atoms with Gasteiger partial charge in [-0.2, -0.15) is 0 Å². The zero-order valence-corrected chi connectivity index (χ0v) is 14.7. The summed E-state index contributed by atoms with van der Waals surface area (Å²) in [4.78, 5) is 25.0. The van der Waals surface area contributed by atoms with E-state index in [9.17, 15) is 4.79 Å². The number of hydrogen-bond donors (Lipinski definition) is 1. The minimum absolute atomic E-state index is 0.148. The molecule has 7 nitrogen and oxygen atoms in total. The number of thioether (sulfide) groups is 1. The van der Waals surface area contributed by atoms with E-state index in [0.29, 0.717) is 16.5 Å². The van der Waals surface area contributed by atoms with E-state index in [-0.39, 0.29) is 11.7 Å². The van der Waals surface area contributed by atoms with Crippen molar-refractivity contribution in [3.8, 4) is 5.82 Å². The third kappa shape index (κ3) is 3.45. The highest BCUT2D eigenvalue weighted by Crippen LogP contribution is 2.23. The van der Waals surface area contributed by atoms with Gasteiger partial charge < -0.3 is 9.73 Å². The van der Waals surface area contributed by atoms with Crippen molar-refractivity contribution in [3.63, 3.8) is 0 Å². The molecule has 26 heavy (non-hydrogen) atoms. The predicted molar refractivity (Wildman–Crippen MR) is 99.5 cm³/mol. The van der Waals surface area contributed by atoms with Gasteiger partial charge in [0.25, 0.3) is 5.22 Å². The van der Waals surface area contributed by atoms with Crippen LogP contribution in [0.4, 0.5) is 5.69 Å². The fourth-order valence-electron chi connectivity index (χ4n) is 2.46. The maximum atomic E-state index is 12.1. The highest BCUT2D eigenvalue weighted by atomic mass is 32.2. The predicted octanol–water partition coefficient (Wildman–Crippen LogP) is 3.45. The Morgan fingerprint density at radius 2 is 2.12 bits per heavy atom. The first-order valence-corrected chi connectivity index (χ1v) is 8.92. The first-order chi connectivity index (χ1) is 12.7. The number of nitrogens with one attached hydrogen (secondary N) is 1. The molecule has 0 aliphatic rings. The van der Waals surface area contributed by atoms with Crippen LogP contribution in [0.1, 0.15) is 5.82 Å². The number of fused-ring (bicyclic) bond motifs is 1. The van der Waals surface area contributed by atoms with Gasteiger partial charge >= 0.3 is 0 Å². The van der Waals surface area contributed by atoms with Gasteiger partial charge in [-0.25, -0.2) is 15.0 Å². The maximum Gasteiger partial charge on any atom is 0.257 e. The summed E-state index contributed by atoms with van der Waals surface area (Å²) in [5.41, 5.74) is 2.13. The van der Waals surface area contributed by atoms with Gasteiger partial charge in [0, 0.05) is 12.4 Å². The second kappa shape index (κ2) is 7.01. The minimum Gasteiger partial charge on any atom is -0.431 e. The smallest absolute Gasteiger partial charge is 0.257 e. The van der Waals surface area contributed by atoms with Crippen LogP contribution in [0.25, 0.3) is 16.9 Å². The van der Waals surface area contributed by atoms with Crippen LogP contribution < -0.4 is 5.32 Å². The van der Waals surface area contributed by atoms with Crippen LogP contribution in [0.15, 0.2) is 64.6 Å². The third-order valence-corrected chi connectivity index (χ3v) is 4.53. The number of aryl methyl sites for hydroxylation is 1. The molecule has 0 atom stereocenters. The molecule has 3 heterocycles. The first kappa shape index (κ1) is 16.3. The summed E-state index contributed by atoms with van der Waals surface area (Å²) in [5, 5.41) is 3.29. The minimum atomic E-state index is -0.148. The van der Waals surface area contributed by atoms with Gasteiger partial charge in [0.1, 0.15) is 17.2 Å². The molecule has 0 saturated heterocycles. The molecule has 1 aromatic carbocycles. The van der Waals surface area contributed by atoms with Crippen molar-refractivity contribution < 1.29 is 9.21 Å². The highest BCUT2D eigenvalue weighted by molar-refractivity contribution is 7.99. The van der Waals surface area contributed by atoms with Gasteiger partial charge in [-0.1, -0.05) is 23.9 Å². The number of amides is 1. The highest BCUT2D eigenvalue weighted by Gasteiger charge is 2.10. The maximum absolute atomic E-state index is 12.1. The number of carbonyl (C=O) groups is 1. The molecular formula is C18H15N5O2S. The molecule has 0 fully saturated rings. The summed E-state index contributed by atoms with van der Waals surface area (Å²) in [7, 11) is 0. The van der Waals surface area contributed by atoms with Crippen LogP contribution in [0.2, 0.25) is 0 Å². The summed E-state index contributed by atoms with van der Waals surface area (Å²) in [6.07, 6.45) is 5.18. The SMILES string of the molecule is Cc1nccn1-c1ccc(NC(=O)CSc2nc3ccccc3o2)cn1. The van der Waals surface area contributed by atoms with Gasteiger partial charge in [-0.15, -0.1) is 0 Å². The van der Waals surface area contributed by atoms with Crippen LogP contribution >= 0.6 is 11.8 Å². The molecule has 0 aliphatic carbocycles. The monoisotopic (exact) mass is 365 g/mol.